The molecule has 8 nitrogen and oxygen atoms in total. The third kappa shape index (κ3) is 4.62. The number of amides is 1. The lowest BCUT2D eigenvalue weighted by Gasteiger charge is -2.10. The molecule has 1 N–H and O–H groups in total. The SMILES string of the molecule is O=C(Nc1ccc(Br)nn1)c1ccc(OC(F)(F)F)c([N+](=O)[O-])c1. The summed E-state index contributed by atoms with van der Waals surface area (Å²) in [6.45, 7) is 0. The molecule has 0 saturated carbocycles. The average Bonchev–Trinajstić information content (AvgIpc) is 2.48. The van der Waals surface area contributed by atoms with Gasteiger partial charge in [0.05, 0.1) is 4.92 Å². The molecule has 0 spiro atoms. The van der Waals surface area contributed by atoms with Gasteiger partial charge in [-0.15, -0.1) is 23.4 Å². The van der Waals surface area contributed by atoms with E-state index in [2.05, 4.69) is 36.2 Å². The van der Waals surface area contributed by atoms with Crippen molar-refractivity contribution < 1.29 is 27.6 Å². The van der Waals surface area contributed by atoms with Gasteiger partial charge in [0.25, 0.3) is 5.91 Å². The van der Waals surface area contributed by atoms with E-state index in [1.165, 1.54) is 12.1 Å². The lowest BCUT2D eigenvalue weighted by atomic mass is 10.1. The van der Waals surface area contributed by atoms with Gasteiger partial charge in [-0.05, 0) is 40.2 Å². The highest BCUT2D eigenvalue weighted by Crippen LogP contribution is 2.32. The minimum Gasteiger partial charge on any atom is -0.398 e. The van der Waals surface area contributed by atoms with Crippen molar-refractivity contribution in [2.45, 2.75) is 6.36 Å². The van der Waals surface area contributed by atoms with Crippen LogP contribution in [-0.4, -0.2) is 27.4 Å². The quantitative estimate of drug-likeness (QED) is 0.616. The number of nitrogens with one attached hydrogen (secondary N) is 1. The third-order valence-electron chi connectivity index (χ3n) is 2.52. The van der Waals surface area contributed by atoms with Gasteiger partial charge in [0.15, 0.2) is 5.82 Å². The first-order valence-corrected chi connectivity index (χ1v) is 6.80. The van der Waals surface area contributed by atoms with E-state index in [4.69, 9.17) is 0 Å². The maximum Gasteiger partial charge on any atom is 0.573 e. The molecule has 2 rings (SSSR count). The second kappa shape index (κ2) is 6.78. The van der Waals surface area contributed by atoms with Crippen LogP contribution >= 0.6 is 15.9 Å². The summed E-state index contributed by atoms with van der Waals surface area (Å²) in [7, 11) is 0. The second-order valence-electron chi connectivity index (χ2n) is 4.18. The number of nitrogens with zero attached hydrogens (tertiary/aromatic N) is 3. The molecule has 126 valence electrons. The molecular formula is C12H6BrF3N4O4. The van der Waals surface area contributed by atoms with E-state index in [0.29, 0.717) is 16.7 Å². The number of hydrogen-bond donors (Lipinski definition) is 1. The molecule has 0 aliphatic carbocycles. The van der Waals surface area contributed by atoms with Crippen molar-refractivity contribution in [1.82, 2.24) is 10.2 Å². The standard InChI is InChI=1S/C12H6BrF3N4O4/c13-9-3-4-10(19-18-9)17-11(21)6-1-2-8(24-12(14,15)16)7(5-6)20(22)23/h1-5H,(H,17,19,21). The Labute approximate surface area is 139 Å². The molecule has 2 aromatic rings. The predicted molar refractivity (Wildman–Crippen MR) is 77.5 cm³/mol. The molecule has 24 heavy (non-hydrogen) atoms. The van der Waals surface area contributed by atoms with Crippen molar-refractivity contribution >= 4 is 33.3 Å². The lowest BCUT2D eigenvalue weighted by molar-refractivity contribution is -0.388. The summed E-state index contributed by atoms with van der Waals surface area (Å²) in [5, 5.41) is 20.4. The summed E-state index contributed by atoms with van der Waals surface area (Å²) < 4.78 is 40.6. The molecule has 0 fully saturated rings. The summed E-state index contributed by atoms with van der Waals surface area (Å²) in [6, 6.07) is 5.21. The minimum atomic E-state index is -5.10. The lowest BCUT2D eigenvalue weighted by Crippen LogP contribution is -2.18. The van der Waals surface area contributed by atoms with Crippen LogP contribution in [0.15, 0.2) is 34.9 Å². The number of hydrogen-bond acceptors (Lipinski definition) is 6. The van der Waals surface area contributed by atoms with Crippen molar-refractivity contribution in [1.29, 1.82) is 0 Å². The number of benzene rings is 1. The number of ether oxygens (including phenoxy) is 1. The van der Waals surface area contributed by atoms with Gasteiger partial charge >= 0.3 is 12.0 Å². The van der Waals surface area contributed by atoms with Crippen molar-refractivity contribution in [3.8, 4) is 5.75 Å². The van der Waals surface area contributed by atoms with Crippen LogP contribution in [0.1, 0.15) is 10.4 Å². The fraction of sp³-hybridized carbons (Fsp3) is 0.0833. The summed E-state index contributed by atoms with van der Waals surface area (Å²) >= 11 is 3.05. The molecule has 1 aromatic heterocycles. The Morgan fingerprint density at radius 1 is 1.25 bits per heavy atom. The normalized spacial score (nSPS) is 11.0. The maximum atomic E-state index is 12.2. The van der Waals surface area contributed by atoms with Gasteiger partial charge in [-0.2, -0.15) is 0 Å². The van der Waals surface area contributed by atoms with Crippen LogP contribution in [0, 0.1) is 10.1 Å². The first kappa shape index (κ1) is 17.6. The highest BCUT2D eigenvalue weighted by molar-refractivity contribution is 9.10. The van der Waals surface area contributed by atoms with E-state index in [1.54, 1.807) is 0 Å². The predicted octanol–water partition coefficient (Wildman–Crippen LogP) is 3.30. The number of nitro benzene ring substituents is 1. The second-order valence-corrected chi connectivity index (χ2v) is 5.00. The molecule has 1 amide bonds. The zero-order valence-corrected chi connectivity index (χ0v) is 13.0. The van der Waals surface area contributed by atoms with Gasteiger partial charge < -0.3 is 10.1 Å². The number of halogens is 4. The molecular weight excluding hydrogens is 401 g/mol. The largest absolute Gasteiger partial charge is 0.573 e. The molecule has 12 heteroatoms. The summed E-state index contributed by atoms with van der Waals surface area (Å²) in [5.74, 6) is -1.78. The fourth-order valence-corrected chi connectivity index (χ4v) is 1.79. The first-order valence-electron chi connectivity index (χ1n) is 6.00. The fourth-order valence-electron chi connectivity index (χ4n) is 1.58. The summed E-state index contributed by atoms with van der Waals surface area (Å²) in [5.41, 5.74) is -1.25. The zero-order chi connectivity index (χ0) is 17.9. The molecule has 0 atom stereocenters. The van der Waals surface area contributed by atoms with Gasteiger partial charge in [-0.3, -0.25) is 14.9 Å². The van der Waals surface area contributed by atoms with E-state index < -0.39 is 28.6 Å². The van der Waals surface area contributed by atoms with Gasteiger partial charge in [-0.1, -0.05) is 0 Å². The van der Waals surface area contributed by atoms with Crippen molar-refractivity contribution in [2.24, 2.45) is 0 Å². The molecule has 0 aliphatic heterocycles. The van der Waals surface area contributed by atoms with Crippen LogP contribution in [0.4, 0.5) is 24.7 Å². The Hall–Kier alpha value is -2.76. The Balaban J connectivity index is 2.27. The Morgan fingerprint density at radius 2 is 1.96 bits per heavy atom. The van der Waals surface area contributed by atoms with Crippen molar-refractivity contribution in [3.05, 3.63) is 50.6 Å². The topological polar surface area (TPSA) is 107 Å². The number of alkyl halides is 3. The molecule has 0 bridgehead atoms. The number of carbonyl (C=O) groups excluding carboxylic acids is 1. The van der Waals surface area contributed by atoms with Gasteiger partial charge in [-0.25, -0.2) is 0 Å². The number of nitro groups is 1. The number of aromatic nitrogens is 2. The molecule has 0 aliphatic rings. The van der Waals surface area contributed by atoms with E-state index in [-0.39, 0.29) is 11.4 Å². The highest BCUT2D eigenvalue weighted by atomic mass is 79.9. The van der Waals surface area contributed by atoms with E-state index in [1.807, 2.05) is 0 Å². The Bertz CT molecular complexity index is 783. The molecule has 0 unspecified atom stereocenters. The number of rotatable bonds is 4. The third-order valence-corrected chi connectivity index (χ3v) is 2.94. The Kier molecular flexibility index (Phi) is 4.97. The van der Waals surface area contributed by atoms with Gasteiger partial charge in [0.1, 0.15) is 4.60 Å². The van der Waals surface area contributed by atoms with Crippen LogP contribution in [0.2, 0.25) is 0 Å². The van der Waals surface area contributed by atoms with Crippen molar-refractivity contribution in [3.63, 3.8) is 0 Å². The zero-order valence-electron chi connectivity index (χ0n) is 11.4. The average molecular weight is 407 g/mol. The minimum absolute atomic E-state index is 0.0569. The van der Waals surface area contributed by atoms with Crippen LogP contribution in [0.25, 0.3) is 0 Å². The first-order chi connectivity index (χ1) is 11.2. The van der Waals surface area contributed by atoms with E-state index >= 15 is 0 Å². The smallest absolute Gasteiger partial charge is 0.398 e. The van der Waals surface area contributed by atoms with Crippen LogP contribution in [0.3, 0.4) is 0 Å². The van der Waals surface area contributed by atoms with Gasteiger partial charge in [0.2, 0.25) is 5.75 Å². The summed E-state index contributed by atoms with van der Waals surface area (Å²) in [6.07, 6.45) is -5.10. The molecule has 1 aromatic carbocycles. The van der Waals surface area contributed by atoms with Crippen molar-refractivity contribution in [2.75, 3.05) is 5.32 Å². The van der Waals surface area contributed by atoms with Crippen LogP contribution < -0.4 is 10.1 Å². The number of carbonyl (C=O) groups is 1. The monoisotopic (exact) mass is 406 g/mol. The Morgan fingerprint density at radius 3 is 2.50 bits per heavy atom. The maximum absolute atomic E-state index is 12.2. The number of anilines is 1. The molecule has 0 saturated heterocycles. The highest BCUT2D eigenvalue weighted by Gasteiger charge is 2.34. The van der Waals surface area contributed by atoms with E-state index in [0.717, 1.165) is 6.07 Å². The van der Waals surface area contributed by atoms with Crippen LogP contribution in [-0.2, 0) is 0 Å². The molecule has 1 heterocycles. The van der Waals surface area contributed by atoms with E-state index in [9.17, 15) is 28.1 Å². The molecule has 0 radical (unpaired) electrons. The van der Waals surface area contributed by atoms with Gasteiger partial charge in [0, 0.05) is 11.6 Å². The van der Waals surface area contributed by atoms with Crippen LogP contribution in [0.5, 0.6) is 5.75 Å². The summed E-state index contributed by atoms with van der Waals surface area (Å²) in [4.78, 5) is 21.8.